The van der Waals surface area contributed by atoms with Gasteiger partial charge in [-0.2, -0.15) is 0 Å². The fraction of sp³-hybridized carbons (Fsp3) is 0.346. The van der Waals surface area contributed by atoms with Crippen molar-refractivity contribution in [2.75, 3.05) is 45.9 Å². The fourth-order valence-corrected chi connectivity index (χ4v) is 3.99. The van der Waals surface area contributed by atoms with Crippen LogP contribution in [0.25, 0.3) is 17.0 Å². The molecule has 0 amide bonds. The molecule has 1 N–H and O–H groups in total. The summed E-state index contributed by atoms with van der Waals surface area (Å²) in [7, 11) is 0. The van der Waals surface area contributed by atoms with E-state index in [0.717, 1.165) is 43.7 Å². The van der Waals surface area contributed by atoms with Crippen molar-refractivity contribution >= 4 is 17.0 Å². The van der Waals surface area contributed by atoms with Crippen molar-refractivity contribution in [1.29, 1.82) is 0 Å². The average molecular weight is 435 g/mol. The maximum absolute atomic E-state index is 11.6. The minimum absolute atomic E-state index is 0.196. The number of benzene rings is 2. The highest BCUT2D eigenvalue weighted by Crippen LogP contribution is 2.22. The second-order valence-corrected chi connectivity index (χ2v) is 8.29. The van der Waals surface area contributed by atoms with Crippen LogP contribution in [0.1, 0.15) is 11.1 Å². The van der Waals surface area contributed by atoms with E-state index in [1.165, 1.54) is 11.6 Å². The van der Waals surface area contributed by atoms with E-state index >= 15 is 0 Å². The first-order chi connectivity index (χ1) is 15.6. The van der Waals surface area contributed by atoms with Crippen molar-refractivity contribution in [3.63, 3.8) is 0 Å². The zero-order chi connectivity index (χ0) is 22.3. The molecule has 4 rings (SSSR count). The van der Waals surface area contributed by atoms with Gasteiger partial charge in [-0.15, -0.1) is 0 Å². The summed E-state index contributed by atoms with van der Waals surface area (Å²) in [6.07, 6.45) is 3.79. The second-order valence-electron chi connectivity index (χ2n) is 8.29. The Hall–Kier alpha value is -2.93. The summed E-state index contributed by atoms with van der Waals surface area (Å²) in [5.41, 5.74) is 2.22. The SMILES string of the molecule is Cc1cc(=O)oc2cc(OC[C@H](O)CN3CCN(C/C=C/c4ccccc4)CC3)ccc12. The van der Waals surface area contributed by atoms with Crippen LogP contribution in [-0.4, -0.2) is 66.9 Å². The predicted molar refractivity (Wildman–Crippen MR) is 127 cm³/mol. The van der Waals surface area contributed by atoms with Gasteiger partial charge in [0.15, 0.2) is 0 Å². The van der Waals surface area contributed by atoms with E-state index in [4.69, 9.17) is 9.15 Å². The normalized spacial score (nSPS) is 16.6. The van der Waals surface area contributed by atoms with Gasteiger partial charge < -0.3 is 14.3 Å². The standard InChI is InChI=1S/C26H30N2O4/c1-20-16-26(30)32-25-17-23(9-10-24(20)25)31-19-22(29)18-28-14-12-27(13-15-28)11-5-8-21-6-3-2-4-7-21/h2-10,16-17,22,29H,11-15,18-19H2,1H3/b8-5+/t22-/m1/s1. The number of rotatable bonds is 8. The van der Waals surface area contributed by atoms with Crippen molar-refractivity contribution < 1.29 is 14.3 Å². The Morgan fingerprint density at radius 1 is 1.06 bits per heavy atom. The molecule has 0 saturated carbocycles. The van der Waals surface area contributed by atoms with Crippen LogP contribution >= 0.6 is 0 Å². The monoisotopic (exact) mass is 434 g/mol. The largest absolute Gasteiger partial charge is 0.491 e. The Bertz CT molecular complexity index is 1100. The molecule has 6 heteroatoms. The number of hydrogen-bond donors (Lipinski definition) is 1. The van der Waals surface area contributed by atoms with E-state index in [-0.39, 0.29) is 12.2 Å². The minimum Gasteiger partial charge on any atom is -0.491 e. The summed E-state index contributed by atoms with van der Waals surface area (Å²) >= 11 is 0. The topological polar surface area (TPSA) is 66.2 Å². The van der Waals surface area contributed by atoms with Gasteiger partial charge in [0, 0.05) is 56.8 Å². The van der Waals surface area contributed by atoms with Gasteiger partial charge in [-0.05, 0) is 30.2 Å². The summed E-state index contributed by atoms with van der Waals surface area (Å²) in [5, 5.41) is 11.3. The molecule has 3 aromatic rings. The lowest BCUT2D eigenvalue weighted by Gasteiger charge is -2.35. The molecule has 0 aliphatic carbocycles. The maximum Gasteiger partial charge on any atom is 0.336 e. The van der Waals surface area contributed by atoms with E-state index < -0.39 is 6.10 Å². The van der Waals surface area contributed by atoms with Gasteiger partial charge in [-0.3, -0.25) is 9.80 Å². The number of aryl methyl sites for hydroxylation is 1. The molecule has 1 aliphatic heterocycles. The number of β-amino-alcohol motifs (C(OH)–C–C–N with tert-alkyl or cyclic N) is 1. The summed E-state index contributed by atoms with van der Waals surface area (Å²) in [6, 6.07) is 17.2. The summed E-state index contributed by atoms with van der Waals surface area (Å²) in [4.78, 5) is 16.3. The number of aliphatic hydroxyl groups is 1. The summed E-state index contributed by atoms with van der Waals surface area (Å²) < 4.78 is 11.0. The van der Waals surface area contributed by atoms with Crippen LogP contribution in [0.3, 0.4) is 0 Å². The molecule has 0 radical (unpaired) electrons. The molecule has 2 aromatic carbocycles. The summed E-state index contributed by atoms with van der Waals surface area (Å²) in [5.74, 6) is 0.584. The zero-order valence-corrected chi connectivity index (χ0v) is 18.4. The van der Waals surface area contributed by atoms with E-state index in [2.05, 4.69) is 34.1 Å². The Balaban J connectivity index is 1.20. The number of nitrogens with zero attached hydrogens (tertiary/aromatic N) is 2. The van der Waals surface area contributed by atoms with E-state index in [9.17, 15) is 9.90 Å². The van der Waals surface area contributed by atoms with Crippen LogP contribution in [-0.2, 0) is 0 Å². The van der Waals surface area contributed by atoms with Crippen LogP contribution < -0.4 is 10.4 Å². The van der Waals surface area contributed by atoms with Crippen LogP contribution in [0.2, 0.25) is 0 Å². The molecule has 2 heterocycles. The summed E-state index contributed by atoms with van der Waals surface area (Å²) in [6.45, 7) is 7.41. The Labute approximate surface area is 188 Å². The second kappa shape index (κ2) is 10.6. The molecule has 1 aliphatic rings. The first-order valence-electron chi connectivity index (χ1n) is 11.1. The highest BCUT2D eigenvalue weighted by atomic mass is 16.5. The van der Waals surface area contributed by atoms with Crippen molar-refractivity contribution in [3.05, 3.63) is 82.2 Å². The van der Waals surface area contributed by atoms with E-state index in [0.29, 0.717) is 17.9 Å². The van der Waals surface area contributed by atoms with Gasteiger partial charge in [0.25, 0.3) is 0 Å². The van der Waals surface area contributed by atoms with Gasteiger partial charge in [0.1, 0.15) is 24.0 Å². The molecule has 0 spiro atoms. The first kappa shape index (κ1) is 22.3. The Kier molecular flexibility index (Phi) is 7.37. The first-order valence-corrected chi connectivity index (χ1v) is 11.1. The van der Waals surface area contributed by atoms with Crippen molar-refractivity contribution in [3.8, 4) is 5.75 Å². The lowest BCUT2D eigenvalue weighted by molar-refractivity contribution is 0.0482. The molecule has 1 saturated heterocycles. The van der Waals surface area contributed by atoms with Crippen LogP contribution in [0.5, 0.6) is 5.75 Å². The maximum atomic E-state index is 11.6. The van der Waals surface area contributed by atoms with Gasteiger partial charge in [0.05, 0.1) is 0 Å². The van der Waals surface area contributed by atoms with Crippen LogP contribution in [0.15, 0.2) is 69.9 Å². The van der Waals surface area contributed by atoms with Crippen molar-refractivity contribution in [1.82, 2.24) is 9.80 Å². The number of aliphatic hydroxyl groups excluding tert-OH is 1. The third kappa shape index (κ3) is 6.07. The minimum atomic E-state index is -0.584. The Morgan fingerprint density at radius 2 is 1.81 bits per heavy atom. The molecule has 168 valence electrons. The predicted octanol–water partition coefficient (Wildman–Crippen LogP) is 3.17. The lowest BCUT2D eigenvalue weighted by Crippen LogP contribution is -2.49. The zero-order valence-electron chi connectivity index (χ0n) is 18.4. The van der Waals surface area contributed by atoms with Crippen molar-refractivity contribution in [2.45, 2.75) is 13.0 Å². The average Bonchev–Trinajstić information content (AvgIpc) is 2.79. The van der Waals surface area contributed by atoms with Gasteiger partial charge >= 0.3 is 5.63 Å². The van der Waals surface area contributed by atoms with Crippen LogP contribution in [0, 0.1) is 6.92 Å². The number of piperazine rings is 1. The van der Waals surface area contributed by atoms with Gasteiger partial charge in [-0.1, -0.05) is 42.5 Å². The molecule has 1 aromatic heterocycles. The molecular weight excluding hydrogens is 404 g/mol. The lowest BCUT2D eigenvalue weighted by atomic mass is 10.1. The molecule has 6 nitrogen and oxygen atoms in total. The smallest absolute Gasteiger partial charge is 0.336 e. The van der Waals surface area contributed by atoms with E-state index in [1.54, 1.807) is 6.07 Å². The molecule has 0 bridgehead atoms. The number of hydrogen-bond acceptors (Lipinski definition) is 6. The molecule has 0 unspecified atom stereocenters. The highest BCUT2D eigenvalue weighted by Gasteiger charge is 2.19. The number of ether oxygens (including phenoxy) is 1. The Morgan fingerprint density at radius 3 is 2.59 bits per heavy atom. The molecule has 1 fully saturated rings. The third-order valence-corrected chi connectivity index (χ3v) is 5.77. The molecular formula is C26H30N2O4. The van der Waals surface area contributed by atoms with Crippen molar-refractivity contribution in [2.24, 2.45) is 0 Å². The highest BCUT2D eigenvalue weighted by molar-refractivity contribution is 5.81. The molecule has 32 heavy (non-hydrogen) atoms. The quantitative estimate of drug-likeness (QED) is 0.550. The fourth-order valence-electron chi connectivity index (χ4n) is 3.99. The molecule has 1 atom stereocenters. The van der Waals surface area contributed by atoms with Gasteiger partial charge in [0.2, 0.25) is 0 Å². The van der Waals surface area contributed by atoms with Gasteiger partial charge in [-0.25, -0.2) is 4.79 Å². The van der Waals surface area contributed by atoms with Crippen LogP contribution in [0.4, 0.5) is 0 Å². The third-order valence-electron chi connectivity index (χ3n) is 5.77. The number of fused-ring (bicyclic) bond motifs is 1. The van der Waals surface area contributed by atoms with E-state index in [1.807, 2.05) is 37.3 Å².